The summed E-state index contributed by atoms with van der Waals surface area (Å²) in [7, 11) is 2.05. The van der Waals surface area contributed by atoms with E-state index < -0.39 is 0 Å². The molecule has 0 atom stereocenters. The number of nitrogens with one attached hydrogen (secondary N) is 1. The topological polar surface area (TPSA) is 41.0 Å². The van der Waals surface area contributed by atoms with Gasteiger partial charge in [0.2, 0.25) is 0 Å². The highest BCUT2D eigenvalue weighted by Crippen LogP contribution is 2.23. The Morgan fingerprint density at radius 1 is 1.35 bits per heavy atom. The van der Waals surface area contributed by atoms with Crippen LogP contribution in [0.5, 0.6) is 0 Å². The van der Waals surface area contributed by atoms with Crippen molar-refractivity contribution in [3.05, 3.63) is 32.7 Å². The second kappa shape index (κ2) is 7.04. The average molecular weight is 355 g/mol. The lowest BCUT2D eigenvalue weighted by atomic mass is 10.3. The lowest BCUT2D eigenvalue weighted by molar-refractivity contribution is 0.878. The molecule has 0 aliphatic rings. The molecular weight excluding hydrogens is 336 g/mol. The molecule has 2 aromatic rings. The molecule has 6 heteroatoms. The Morgan fingerprint density at radius 2 is 2.15 bits per heavy atom. The number of aromatic nitrogens is 2. The van der Waals surface area contributed by atoms with Gasteiger partial charge in [0.15, 0.2) is 0 Å². The molecule has 0 spiro atoms. The second-order valence-corrected chi connectivity index (χ2v) is 6.99. The predicted molar refractivity (Wildman–Crippen MR) is 89.7 cm³/mol. The van der Waals surface area contributed by atoms with Crippen LogP contribution in [0.1, 0.15) is 24.7 Å². The summed E-state index contributed by atoms with van der Waals surface area (Å²) in [6.45, 7) is 5.83. The fraction of sp³-hybridized carbons (Fsp3) is 0.429. The van der Waals surface area contributed by atoms with Crippen LogP contribution in [0.15, 0.2) is 21.3 Å². The highest BCUT2D eigenvalue weighted by Gasteiger charge is 2.08. The molecule has 2 rings (SSSR count). The first-order valence-corrected chi connectivity index (χ1v) is 8.29. The number of halogens is 1. The summed E-state index contributed by atoms with van der Waals surface area (Å²) in [4.78, 5) is 11.1. The lowest BCUT2D eigenvalue weighted by Gasteiger charge is -2.18. The van der Waals surface area contributed by atoms with Gasteiger partial charge in [0.05, 0.1) is 3.79 Å². The molecular formula is C14H19BrN4S. The van der Waals surface area contributed by atoms with Crippen molar-refractivity contribution in [2.24, 2.45) is 0 Å². The molecule has 20 heavy (non-hydrogen) atoms. The first kappa shape index (κ1) is 15.3. The number of hydrogen-bond acceptors (Lipinski definition) is 5. The number of nitrogens with zero attached hydrogens (tertiary/aromatic N) is 3. The van der Waals surface area contributed by atoms with Gasteiger partial charge in [-0.3, -0.25) is 0 Å². The molecule has 0 unspecified atom stereocenters. The van der Waals surface area contributed by atoms with Gasteiger partial charge in [0.25, 0.3) is 0 Å². The number of thiophene rings is 1. The molecule has 2 heterocycles. The maximum atomic E-state index is 4.51. The molecule has 1 N–H and O–H groups in total. The maximum Gasteiger partial charge on any atom is 0.134 e. The van der Waals surface area contributed by atoms with Gasteiger partial charge in [0, 0.05) is 26.2 Å². The summed E-state index contributed by atoms with van der Waals surface area (Å²) in [5.41, 5.74) is 1.28. The Balaban J connectivity index is 2.12. The smallest absolute Gasteiger partial charge is 0.134 e. The van der Waals surface area contributed by atoms with Crippen LogP contribution in [-0.4, -0.2) is 23.6 Å². The first-order chi connectivity index (χ1) is 9.58. The molecule has 108 valence electrons. The van der Waals surface area contributed by atoms with Crippen molar-refractivity contribution in [3.63, 3.8) is 0 Å². The van der Waals surface area contributed by atoms with Gasteiger partial charge >= 0.3 is 0 Å². The van der Waals surface area contributed by atoms with Crippen LogP contribution in [0.3, 0.4) is 0 Å². The monoisotopic (exact) mass is 354 g/mol. The summed E-state index contributed by atoms with van der Waals surface area (Å²) < 4.78 is 1.16. The van der Waals surface area contributed by atoms with Gasteiger partial charge < -0.3 is 10.2 Å². The zero-order chi connectivity index (χ0) is 14.5. The molecule has 0 radical (unpaired) electrons. The van der Waals surface area contributed by atoms with Crippen LogP contribution in [0.4, 0.5) is 11.6 Å². The Bertz CT molecular complexity index is 570. The summed E-state index contributed by atoms with van der Waals surface area (Å²) in [5.74, 6) is 2.63. The van der Waals surface area contributed by atoms with Crippen LogP contribution in [0.2, 0.25) is 0 Å². The Kier molecular flexibility index (Phi) is 5.37. The third-order valence-corrected chi connectivity index (χ3v) is 4.37. The molecule has 4 nitrogen and oxygen atoms in total. The van der Waals surface area contributed by atoms with Crippen molar-refractivity contribution in [3.8, 4) is 0 Å². The van der Waals surface area contributed by atoms with Gasteiger partial charge in [-0.05, 0) is 46.3 Å². The van der Waals surface area contributed by atoms with E-state index >= 15 is 0 Å². The minimum atomic E-state index is 0.791. The van der Waals surface area contributed by atoms with Crippen molar-refractivity contribution in [1.82, 2.24) is 9.97 Å². The molecule has 0 amide bonds. The largest absolute Gasteiger partial charge is 0.370 e. The molecule has 0 aliphatic carbocycles. The van der Waals surface area contributed by atoms with E-state index in [4.69, 9.17) is 0 Å². The van der Waals surface area contributed by atoms with Gasteiger partial charge in [-0.1, -0.05) is 6.92 Å². The Labute approximate surface area is 132 Å². The average Bonchev–Trinajstić information content (AvgIpc) is 2.81. The third-order valence-electron chi connectivity index (χ3n) is 2.81. The quantitative estimate of drug-likeness (QED) is 0.848. The van der Waals surface area contributed by atoms with Crippen molar-refractivity contribution in [2.75, 3.05) is 23.8 Å². The van der Waals surface area contributed by atoms with Crippen molar-refractivity contribution < 1.29 is 0 Å². The van der Waals surface area contributed by atoms with E-state index in [1.165, 1.54) is 5.56 Å². The van der Waals surface area contributed by atoms with E-state index in [9.17, 15) is 0 Å². The Morgan fingerprint density at radius 3 is 2.80 bits per heavy atom. The standard InChI is InChI=1S/C14H19BrN4S/c1-4-5-16-13-7-14(18-10(2)17-13)19(3)8-11-6-12(15)20-9-11/h6-7,9H,4-5,8H2,1-3H3,(H,16,17,18). The highest BCUT2D eigenvalue weighted by atomic mass is 79.9. The minimum Gasteiger partial charge on any atom is -0.370 e. The van der Waals surface area contributed by atoms with Gasteiger partial charge in [0.1, 0.15) is 17.5 Å². The van der Waals surface area contributed by atoms with E-state index in [1.54, 1.807) is 11.3 Å². The number of anilines is 2. The normalized spacial score (nSPS) is 10.6. The van der Waals surface area contributed by atoms with E-state index in [2.05, 4.69) is 61.5 Å². The maximum absolute atomic E-state index is 4.51. The van der Waals surface area contributed by atoms with Crippen LogP contribution < -0.4 is 10.2 Å². The Hall–Kier alpha value is -1.14. The molecule has 2 aromatic heterocycles. The molecule has 0 fully saturated rings. The third kappa shape index (κ3) is 4.18. The van der Waals surface area contributed by atoms with Crippen LogP contribution in [-0.2, 0) is 6.54 Å². The van der Waals surface area contributed by atoms with E-state index in [0.29, 0.717) is 0 Å². The zero-order valence-electron chi connectivity index (χ0n) is 12.0. The molecule has 0 aliphatic heterocycles. The predicted octanol–water partition coefficient (Wildman–Crippen LogP) is 4.07. The molecule has 0 saturated carbocycles. The molecule has 0 bridgehead atoms. The number of aryl methyl sites for hydroxylation is 1. The summed E-state index contributed by atoms with van der Waals surface area (Å²) in [5, 5.41) is 5.47. The van der Waals surface area contributed by atoms with E-state index in [0.717, 1.165) is 40.8 Å². The molecule has 0 aromatic carbocycles. The van der Waals surface area contributed by atoms with Crippen molar-refractivity contribution >= 4 is 38.9 Å². The van der Waals surface area contributed by atoms with E-state index in [1.807, 2.05) is 13.0 Å². The fourth-order valence-corrected chi connectivity index (χ4v) is 3.08. The molecule has 0 saturated heterocycles. The highest BCUT2D eigenvalue weighted by molar-refractivity contribution is 9.11. The van der Waals surface area contributed by atoms with E-state index in [-0.39, 0.29) is 0 Å². The van der Waals surface area contributed by atoms with Gasteiger partial charge in [-0.25, -0.2) is 9.97 Å². The zero-order valence-corrected chi connectivity index (χ0v) is 14.4. The summed E-state index contributed by atoms with van der Waals surface area (Å²) in [6.07, 6.45) is 1.08. The fourth-order valence-electron chi connectivity index (χ4n) is 1.87. The van der Waals surface area contributed by atoms with Gasteiger partial charge in [-0.2, -0.15) is 0 Å². The second-order valence-electron chi connectivity index (χ2n) is 4.70. The number of rotatable bonds is 6. The first-order valence-electron chi connectivity index (χ1n) is 6.62. The summed E-state index contributed by atoms with van der Waals surface area (Å²) >= 11 is 5.20. The SMILES string of the molecule is CCCNc1cc(N(C)Cc2csc(Br)c2)nc(C)n1. The minimum absolute atomic E-state index is 0.791. The van der Waals surface area contributed by atoms with Crippen molar-refractivity contribution in [1.29, 1.82) is 0 Å². The van der Waals surface area contributed by atoms with Crippen LogP contribution in [0.25, 0.3) is 0 Å². The van der Waals surface area contributed by atoms with Crippen LogP contribution in [0, 0.1) is 6.92 Å². The lowest BCUT2D eigenvalue weighted by Crippen LogP contribution is -2.18. The van der Waals surface area contributed by atoms with Gasteiger partial charge in [-0.15, -0.1) is 11.3 Å². The summed E-state index contributed by atoms with van der Waals surface area (Å²) in [6, 6.07) is 4.15. The van der Waals surface area contributed by atoms with Crippen molar-refractivity contribution in [2.45, 2.75) is 26.8 Å². The number of hydrogen-bond donors (Lipinski definition) is 1. The van der Waals surface area contributed by atoms with Crippen LogP contribution >= 0.6 is 27.3 Å².